The maximum Gasteiger partial charge on any atom is 0.101 e. The molecule has 0 radical (unpaired) electrons. The Balaban J connectivity index is 2.01. The summed E-state index contributed by atoms with van der Waals surface area (Å²) >= 11 is 0. The van der Waals surface area contributed by atoms with E-state index in [1.807, 2.05) is 24.3 Å². The second-order valence-corrected chi connectivity index (χ2v) is 4.54. The molecule has 1 saturated heterocycles. The fourth-order valence-corrected chi connectivity index (χ4v) is 2.33. The van der Waals surface area contributed by atoms with Gasteiger partial charge in [-0.25, -0.2) is 0 Å². The Morgan fingerprint density at radius 3 is 3.17 bits per heavy atom. The van der Waals surface area contributed by atoms with E-state index in [9.17, 15) is 0 Å². The van der Waals surface area contributed by atoms with Gasteiger partial charge in [0.1, 0.15) is 6.07 Å². The normalized spacial score (nSPS) is 18.7. The van der Waals surface area contributed by atoms with E-state index in [-0.39, 0.29) is 0 Å². The van der Waals surface area contributed by atoms with Crippen LogP contribution in [0.2, 0.25) is 0 Å². The minimum atomic E-state index is 0.460. The van der Waals surface area contributed by atoms with Crippen LogP contribution in [0.25, 0.3) is 10.9 Å². The number of aromatic nitrogens is 1. The monoisotopic (exact) mass is 238 g/mol. The average Bonchev–Trinajstić information content (AvgIpc) is 2.91. The minimum Gasteiger partial charge on any atom is -0.380 e. The van der Waals surface area contributed by atoms with Crippen molar-refractivity contribution < 1.29 is 0 Å². The van der Waals surface area contributed by atoms with Gasteiger partial charge in [-0.1, -0.05) is 6.07 Å². The van der Waals surface area contributed by atoms with Crippen LogP contribution in [0.1, 0.15) is 12.0 Å². The van der Waals surface area contributed by atoms with Gasteiger partial charge in [0, 0.05) is 29.9 Å². The number of nitrogens with one attached hydrogen (secondary N) is 2. The van der Waals surface area contributed by atoms with Crippen LogP contribution < -0.4 is 10.6 Å². The number of nitrogens with zero attached hydrogens (tertiary/aromatic N) is 2. The molecule has 1 aliphatic heterocycles. The van der Waals surface area contributed by atoms with E-state index in [2.05, 4.69) is 21.7 Å². The van der Waals surface area contributed by atoms with Crippen LogP contribution in [0.3, 0.4) is 0 Å². The molecule has 1 atom stereocenters. The number of pyridine rings is 1. The van der Waals surface area contributed by atoms with E-state index >= 15 is 0 Å². The Morgan fingerprint density at radius 1 is 1.44 bits per heavy atom. The molecule has 0 amide bonds. The lowest BCUT2D eigenvalue weighted by Crippen LogP contribution is -2.22. The molecule has 0 bridgehead atoms. The van der Waals surface area contributed by atoms with Crippen LogP contribution in [-0.4, -0.2) is 24.1 Å². The van der Waals surface area contributed by atoms with E-state index in [1.54, 1.807) is 6.20 Å². The highest BCUT2D eigenvalue weighted by Gasteiger charge is 2.15. The Hall–Kier alpha value is -2.12. The molecule has 0 aliphatic carbocycles. The highest BCUT2D eigenvalue weighted by molar-refractivity contribution is 5.92. The maximum atomic E-state index is 8.95. The summed E-state index contributed by atoms with van der Waals surface area (Å²) in [7, 11) is 0. The van der Waals surface area contributed by atoms with Gasteiger partial charge in [-0.2, -0.15) is 5.26 Å². The van der Waals surface area contributed by atoms with Crippen LogP contribution >= 0.6 is 0 Å². The highest BCUT2D eigenvalue weighted by atomic mass is 15.0. The molecule has 2 N–H and O–H groups in total. The van der Waals surface area contributed by atoms with Crippen molar-refractivity contribution in [2.75, 3.05) is 18.4 Å². The van der Waals surface area contributed by atoms with Gasteiger partial charge in [-0.15, -0.1) is 0 Å². The molecule has 1 fully saturated rings. The third-order valence-corrected chi connectivity index (χ3v) is 3.27. The summed E-state index contributed by atoms with van der Waals surface area (Å²) in [6.07, 6.45) is 2.74. The lowest BCUT2D eigenvalue weighted by Gasteiger charge is -2.14. The molecule has 2 heterocycles. The Kier molecular flexibility index (Phi) is 2.83. The summed E-state index contributed by atoms with van der Waals surface area (Å²) in [5.41, 5.74) is 2.58. The van der Waals surface area contributed by atoms with Crippen LogP contribution in [-0.2, 0) is 0 Å². The first kappa shape index (κ1) is 11.0. The molecule has 4 heteroatoms. The van der Waals surface area contributed by atoms with E-state index < -0.39 is 0 Å². The van der Waals surface area contributed by atoms with Crippen molar-refractivity contribution in [3.8, 4) is 6.07 Å². The van der Waals surface area contributed by atoms with Crippen molar-refractivity contribution in [1.82, 2.24) is 10.3 Å². The molecule has 2 aromatic rings. The van der Waals surface area contributed by atoms with Crippen molar-refractivity contribution >= 4 is 16.6 Å². The summed E-state index contributed by atoms with van der Waals surface area (Å²) in [5, 5.41) is 16.8. The summed E-state index contributed by atoms with van der Waals surface area (Å²) in [6, 6.07) is 10.5. The van der Waals surface area contributed by atoms with Crippen molar-refractivity contribution in [2.45, 2.75) is 12.5 Å². The zero-order valence-corrected chi connectivity index (χ0v) is 9.98. The second-order valence-electron chi connectivity index (χ2n) is 4.54. The molecular weight excluding hydrogens is 224 g/mol. The van der Waals surface area contributed by atoms with Gasteiger partial charge in [-0.3, -0.25) is 4.98 Å². The predicted octanol–water partition coefficient (Wildman–Crippen LogP) is 1.88. The van der Waals surface area contributed by atoms with Crippen molar-refractivity contribution in [2.24, 2.45) is 0 Å². The van der Waals surface area contributed by atoms with E-state index in [4.69, 9.17) is 5.26 Å². The number of anilines is 1. The molecule has 3 rings (SSSR count). The number of rotatable bonds is 2. The molecular formula is C14H14N4. The lowest BCUT2D eigenvalue weighted by molar-refractivity contribution is 0.794. The second kappa shape index (κ2) is 4.63. The number of nitriles is 1. The number of benzene rings is 1. The van der Waals surface area contributed by atoms with Gasteiger partial charge in [-0.05, 0) is 31.2 Å². The topological polar surface area (TPSA) is 60.7 Å². The first-order valence-electron chi connectivity index (χ1n) is 6.13. The zero-order chi connectivity index (χ0) is 12.4. The molecule has 0 saturated carbocycles. The molecule has 90 valence electrons. The van der Waals surface area contributed by atoms with Crippen molar-refractivity contribution in [3.63, 3.8) is 0 Å². The highest BCUT2D eigenvalue weighted by Crippen LogP contribution is 2.24. The van der Waals surface area contributed by atoms with Gasteiger partial charge in [0.15, 0.2) is 0 Å². The van der Waals surface area contributed by atoms with Gasteiger partial charge in [0.05, 0.1) is 11.1 Å². The number of fused-ring (bicyclic) bond motifs is 1. The van der Waals surface area contributed by atoms with Crippen LogP contribution in [0, 0.1) is 11.3 Å². The number of hydrogen-bond acceptors (Lipinski definition) is 4. The predicted molar refractivity (Wildman–Crippen MR) is 71.4 cm³/mol. The fraction of sp³-hybridized carbons (Fsp3) is 0.286. The van der Waals surface area contributed by atoms with Gasteiger partial charge in [0.2, 0.25) is 0 Å². The summed E-state index contributed by atoms with van der Waals surface area (Å²) in [4.78, 5) is 4.31. The minimum absolute atomic E-state index is 0.460. The molecule has 1 aliphatic rings. The van der Waals surface area contributed by atoms with Crippen molar-refractivity contribution in [1.29, 1.82) is 5.26 Å². The third-order valence-electron chi connectivity index (χ3n) is 3.27. The molecule has 1 aromatic heterocycles. The smallest absolute Gasteiger partial charge is 0.101 e. The van der Waals surface area contributed by atoms with E-state index in [1.165, 1.54) is 0 Å². The quantitative estimate of drug-likeness (QED) is 0.838. The first-order valence-corrected chi connectivity index (χ1v) is 6.13. The third kappa shape index (κ3) is 2.01. The Bertz CT molecular complexity index is 609. The average molecular weight is 238 g/mol. The van der Waals surface area contributed by atoms with Crippen LogP contribution in [0.4, 0.5) is 5.69 Å². The van der Waals surface area contributed by atoms with Crippen LogP contribution in [0.15, 0.2) is 30.5 Å². The Morgan fingerprint density at radius 2 is 2.39 bits per heavy atom. The molecule has 0 unspecified atom stereocenters. The molecule has 4 nitrogen and oxygen atoms in total. The summed E-state index contributed by atoms with van der Waals surface area (Å²) in [6.45, 7) is 2.05. The summed E-state index contributed by atoms with van der Waals surface area (Å²) < 4.78 is 0. The molecule has 18 heavy (non-hydrogen) atoms. The van der Waals surface area contributed by atoms with Crippen molar-refractivity contribution in [3.05, 3.63) is 36.0 Å². The lowest BCUT2D eigenvalue weighted by atomic mass is 10.1. The fourth-order valence-electron chi connectivity index (χ4n) is 2.33. The molecule has 0 spiro atoms. The Labute approximate surface area is 106 Å². The zero-order valence-electron chi connectivity index (χ0n) is 9.98. The van der Waals surface area contributed by atoms with Gasteiger partial charge < -0.3 is 10.6 Å². The first-order chi connectivity index (χ1) is 8.86. The number of hydrogen-bond donors (Lipinski definition) is 2. The van der Waals surface area contributed by atoms with E-state index in [0.717, 1.165) is 36.1 Å². The summed E-state index contributed by atoms with van der Waals surface area (Å²) in [5.74, 6) is 0. The largest absolute Gasteiger partial charge is 0.380 e. The standard InChI is InChI=1S/C14H14N4/c15-7-10-6-12-13(17-8-10)2-1-3-14(12)18-11-4-5-16-9-11/h1-3,6,8,11,16,18H,4-5,9H2/t11-/m0/s1. The van der Waals surface area contributed by atoms with Gasteiger partial charge in [0.25, 0.3) is 0 Å². The van der Waals surface area contributed by atoms with Gasteiger partial charge >= 0.3 is 0 Å². The SMILES string of the molecule is N#Cc1cnc2cccc(N[C@H]3CCNC3)c2c1. The maximum absolute atomic E-state index is 8.95. The van der Waals surface area contributed by atoms with E-state index in [0.29, 0.717) is 11.6 Å². The molecule has 1 aromatic carbocycles. The van der Waals surface area contributed by atoms with Crippen LogP contribution in [0.5, 0.6) is 0 Å².